The van der Waals surface area contributed by atoms with E-state index in [4.69, 9.17) is 10.4 Å². The molecule has 1 heterocycles. The normalized spacial score (nSPS) is 24.9. The Morgan fingerprint density at radius 3 is 2.93 bits per heavy atom. The minimum atomic E-state index is -0.174. The van der Waals surface area contributed by atoms with E-state index in [1.807, 2.05) is 12.1 Å². The van der Waals surface area contributed by atoms with Gasteiger partial charge in [0.25, 0.3) is 0 Å². The summed E-state index contributed by atoms with van der Waals surface area (Å²) in [5.41, 5.74) is 0.412. The van der Waals surface area contributed by atoms with Crippen molar-refractivity contribution in [3.63, 3.8) is 0 Å². The van der Waals surface area contributed by atoms with Crippen molar-refractivity contribution in [2.24, 2.45) is 0 Å². The second kappa shape index (κ2) is 3.64. The first kappa shape index (κ1) is 8.97. The molecule has 72 valence electrons. The molecule has 0 atom stereocenters. The second-order valence-electron chi connectivity index (χ2n) is 3.49. The van der Waals surface area contributed by atoms with E-state index >= 15 is 0 Å². The Bertz CT molecular complexity index is 366. The number of anilines is 1. The average molecular weight is 189 g/mol. The summed E-state index contributed by atoms with van der Waals surface area (Å²) < 4.78 is 0. The van der Waals surface area contributed by atoms with E-state index in [1.54, 1.807) is 12.1 Å². The zero-order valence-electron chi connectivity index (χ0n) is 7.64. The van der Waals surface area contributed by atoms with Crippen LogP contribution in [0.3, 0.4) is 0 Å². The van der Waals surface area contributed by atoms with Crippen LogP contribution in [-0.4, -0.2) is 22.2 Å². The summed E-state index contributed by atoms with van der Waals surface area (Å²) >= 11 is 0. The van der Waals surface area contributed by atoms with Crippen LogP contribution in [0.4, 0.5) is 5.82 Å². The van der Waals surface area contributed by atoms with Gasteiger partial charge in [0, 0.05) is 6.04 Å². The number of rotatable bonds is 2. The number of hydrogen-bond donors (Lipinski definition) is 2. The summed E-state index contributed by atoms with van der Waals surface area (Å²) in [6.45, 7) is 0. The third kappa shape index (κ3) is 1.83. The monoisotopic (exact) mass is 189 g/mol. The van der Waals surface area contributed by atoms with E-state index in [9.17, 15) is 0 Å². The molecule has 1 aliphatic carbocycles. The molecule has 1 fully saturated rings. The van der Waals surface area contributed by atoms with Crippen LogP contribution in [0, 0.1) is 11.3 Å². The van der Waals surface area contributed by atoms with Gasteiger partial charge in [0.05, 0.1) is 6.10 Å². The van der Waals surface area contributed by atoms with Gasteiger partial charge in [0.1, 0.15) is 17.6 Å². The smallest absolute Gasteiger partial charge is 0.142 e. The zero-order valence-corrected chi connectivity index (χ0v) is 7.64. The maximum atomic E-state index is 9.08. The first-order valence-corrected chi connectivity index (χ1v) is 4.59. The molecular formula is C10H11N3O. The summed E-state index contributed by atoms with van der Waals surface area (Å²) in [5, 5.41) is 20.9. The third-order valence-corrected chi connectivity index (χ3v) is 2.33. The van der Waals surface area contributed by atoms with Crippen LogP contribution in [0.1, 0.15) is 18.5 Å². The van der Waals surface area contributed by atoms with Crippen molar-refractivity contribution in [3.05, 3.63) is 23.9 Å². The Balaban J connectivity index is 2.00. The van der Waals surface area contributed by atoms with Gasteiger partial charge in [0.2, 0.25) is 0 Å². The van der Waals surface area contributed by atoms with Crippen molar-refractivity contribution in [3.8, 4) is 6.07 Å². The van der Waals surface area contributed by atoms with Gasteiger partial charge in [-0.3, -0.25) is 0 Å². The number of nitriles is 1. The number of aromatic nitrogens is 1. The third-order valence-electron chi connectivity index (χ3n) is 2.33. The van der Waals surface area contributed by atoms with Gasteiger partial charge < -0.3 is 10.4 Å². The molecule has 0 aromatic carbocycles. The van der Waals surface area contributed by atoms with Gasteiger partial charge >= 0.3 is 0 Å². The standard InChI is InChI=1S/C10H11N3O/c11-6-7-2-1-3-10(12-7)13-8-4-9(14)5-8/h1-3,8-9,14H,4-5H2,(H,12,13). The van der Waals surface area contributed by atoms with Crippen molar-refractivity contribution in [2.75, 3.05) is 5.32 Å². The highest BCUT2D eigenvalue weighted by molar-refractivity contribution is 5.39. The molecule has 0 bridgehead atoms. The van der Waals surface area contributed by atoms with Gasteiger partial charge in [-0.25, -0.2) is 4.98 Å². The molecule has 4 nitrogen and oxygen atoms in total. The van der Waals surface area contributed by atoms with Crippen molar-refractivity contribution < 1.29 is 5.11 Å². The van der Waals surface area contributed by atoms with Crippen LogP contribution in [-0.2, 0) is 0 Å². The molecule has 14 heavy (non-hydrogen) atoms. The molecule has 0 saturated heterocycles. The van der Waals surface area contributed by atoms with E-state index in [1.165, 1.54) is 0 Å². The van der Waals surface area contributed by atoms with E-state index in [-0.39, 0.29) is 6.10 Å². The van der Waals surface area contributed by atoms with Gasteiger partial charge in [-0.05, 0) is 25.0 Å². The lowest BCUT2D eigenvalue weighted by atomic mass is 9.89. The maximum absolute atomic E-state index is 9.08. The number of pyridine rings is 1. The Morgan fingerprint density at radius 2 is 2.29 bits per heavy atom. The maximum Gasteiger partial charge on any atom is 0.142 e. The summed E-state index contributed by atoms with van der Waals surface area (Å²) in [7, 11) is 0. The highest BCUT2D eigenvalue weighted by atomic mass is 16.3. The van der Waals surface area contributed by atoms with Crippen molar-refractivity contribution in [1.29, 1.82) is 5.26 Å². The number of aliphatic hydroxyl groups is 1. The fourth-order valence-electron chi connectivity index (χ4n) is 1.49. The van der Waals surface area contributed by atoms with Gasteiger partial charge in [0.15, 0.2) is 0 Å². The van der Waals surface area contributed by atoms with Crippen LogP contribution in [0.15, 0.2) is 18.2 Å². The summed E-state index contributed by atoms with van der Waals surface area (Å²) in [5.74, 6) is 0.709. The van der Waals surface area contributed by atoms with Crippen LogP contribution >= 0.6 is 0 Å². The molecule has 0 unspecified atom stereocenters. The van der Waals surface area contributed by atoms with Crippen LogP contribution < -0.4 is 5.32 Å². The van der Waals surface area contributed by atoms with Crippen LogP contribution in [0.5, 0.6) is 0 Å². The summed E-state index contributed by atoms with van der Waals surface area (Å²) in [6.07, 6.45) is 1.35. The number of aliphatic hydroxyl groups excluding tert-OH is 1. The topological polar surface area (TPSA) is 68.9 Å². The van der Waals surface area contributed by atoms with Gasteiger partial charge in [-0.2, -0.15) is 5.26 Å². The molecular weight excluding hydrogens is 178 g/mol. The first-order chi connectivity index (χ1) is 6.78. The molecule has 0 spiro atoms. The Morgan fingerprint density at radius 1 is 1.50 bits per heavy atom. The number of hydrogen-bond acceptors (Lipinski definition) is 4. The Kier molecular flexibility index (Phi) is 2.33. The lowest BCUT2D eigenvalue weighted by molar-refractivity contribution is 0.0835. The molecule has 1 saturated carbocycles. The molecule has 1 aromatic heterocycles. The molecule has 4 heteroatoms. The van der Waals surface area contributed by atoms with E-state index in [0.717, 1.165) is 12.8 Å². The largest absolute Gasteiger partial charge is 0.393 e. The van der Waals surface area contributed by atoms with Gasteiger partial charge in [-0.15, -0.1) is 0 Å². The molecule has 0 amide bonds. The molecule has 0 aliphatic heterocycles. The summed E-state index contributed by atoms with van der Waals surface area (Å²) in [4.78, 5) is 4.08. The highest BCUT2D eigenvalue weighted by Gasteiger charge is 2.26. The Hall–Kier alpha value is -1.60. The fourth-order valence-corrected chi connectivity index (χ4v) is 1.49. The molecule has 0 radical (unpaired) electrons. The predicted molar refractivity (Wildman–Crippen MR) is 51.6 cm³/mol. The molecule has 2 rings (SSSR count). The van der Waals surface area contributed by atoms with Crippen molar-refractivity contribution >= 4 is 5.82 Å². The van der Waals surface area contributed by atoms with Gasteiger partial charge in [-0.1, -0.05) is 6.07 Å². The Labute approximate surface area is 82.2 Å². The highest BCUT2D eigenvalue weighted by Crippen LogP contribution is 2.22. The van der Waals surface area contributed by atoms with Crippen molar-refractivity contribution in [1.82, 2.24) is 4.98 Å². The second-order valence-corrected chi connectivity index (χ2v) is 3.49. The predicted octanol–water partition coefficient (Wildman–Crippen LogP) is 0.888. The van der Waals surface area contributed by atoms with E-state index in [0.29, 0.717) is 17.6 Å². The zero-order chi connectivity index (χ0) is 9.97. The minimum absolute atomic E-state index is 0.174. The minimum Gasteiger partial charge on any atom is -0.393 e. The quantitative estimate of drug-likeness (QED) is 0.724. The molecule has 1 aromatic rings. The SMILES string of the molecule is N#Cc1cccc(NC2CC(O)C2)n1. The summed E-state index contributed by atoms with van der Waals surface area (Å²) in [6, 6.07) is 7.57. The van der Waals surface area contributed by atoms with Crippen molar-refractivity contribution in [2.45, 2.75) is 25.0 Å². The lowest BCUT2D eigenvalue weighted by Gasteiger charge is -2.32. The fraction of sp³-hybridized carbons (Fsp3) is 0.400. The molecule has 1 aliphatic rings. The first-order valence-electron chi connectivity index (χ1n) is 4.59. The average Bonchev–Trinajstić information content (AvgIpc) is 2.16. The van der Waals surface area contributed by atoms with E-state index < -0.39 is 0 Å². The number of nitrogens with one attached hydrogen (secondary N) is 1. The van der Waals surface area contributed by atoms with E-state index in [2.05, 4.69) is 10.3 Å². The van der Waals surface area contributed by atoms with Crippen LogP contribution in [0.2, 0.25) is 0 Å². The number of nitrogens with zero attached hydrogens (tertiary/aromatic N) is 2. The van der Waals surface area contributed by atoms with Crippen LogP contribution in [0.25, 0.3) is 0 Å². The lowest BCUT2D eigenvalue weighted by Crippen LogP contribution is -2.39. The molecule has 2 N–H and O–H groups in total.